The lowest BCUT2D eigenvalue weighted by molar-refractivity contribution is -0.0463. The third-order valence-corrected chi connectivity index (χ3v) is 6.41. The van der Waals surface area contributed by atoms with E-state index < -0.39 is 12.2 Å². The molecule has 1 aromatic carbocycles. The Morgan fingerprint density at radius 2 is 2.00 bits per heavy atom. The molecule has 3 heteroatoms. The molecule has 2 aliphatic carbocycles. The van der Waals surface area contributed by atoms with Gasteiger partial charge in [-0.05, 0) is 59.6 Å². The molecule has 0 radical (unpaired) electrons. The van der Waals surface area contributed by atoms with Gasteiger partial charge in [0.2, 0.25) is 0 Å². The first-order valence-electron chi connectivity index (χ1n) is 8.43. The van der Waals surface area contributed by atoms with Crippen molar-refractivity contribution in [1.82, 2.24) is 0 Å². The van der Waals surface area contributed by atoms with E-state index in [1.807, 2.05) is 12.1 Å². The van der Waals surface area contributed by atoms with E-state index in [2.05, 4.69) is 19.9 Å². The van der Waals surface area contributed by atoms with E-state index in [0.29, 0.717) is 12.3 Å². The highest BCUT2D eigenvalue weighted by Crippen LogP contribution is 2.59. The van der Waals surface area contributed by atoms with Crippen LogP contribution in [0.25, 0.3) is 0 Å². The van der Waals surface area contributed by atoms with E-state index in [0.717, 1.165) is 30.4 Å². The molecular weight excluding hydrogens is 276 g/mol. The molecule has 0 bridgehead atoms. The van der Waals surface area contributed by atoms with Gasteiger partial charge in [0, 0.05) is 6.61 Å². The predicted molar refractivity (Wildman–Crippen MR) is 86.5 cm³/mol. The zero-order valence-corrected chi connectivity index (χ0v) is 13.8. The zero-order valence-electron chi connectivity index (χ0n) is 13.8. The van der Waals surface area contributed by atoms with Gasteiger partial charge in [0.25, 0.3) is 0 Å². The van der Waals surface area contributed by atoms with E-state index in [1.165, 1.54) is 5.56 Å². The quantitative estimate of drug-likeness (QED) is 0.786. The summed E-state index contributed by atoms with van der Waals surface area (Å²) in [7, 11) is 0. The number of hydrogen-bond acceptors (Lipinski definition) is 3. The Labute approximate surface area is 133 Å². The van der Waals surface area contributed by atoms with Crippen molar-refractivity contribution in [2.45, 2.75) is 64.1 Å². The van der Waals surface area contributed by atoms with Crippen molar-refractivity contribution in [3.8, 4) is 0 Å². The molecule has 5 atom stereocenters. The maximum absolute atomic E-state index is 10.7. The summed E-state index contributed by atoms with van der Waals surface area (Å²) in [5.74, 6) is 0.290. The van der Waals surface area contributed by atoms with Gasteiger partial charge >= 0.3 is 0 Å². The van der Waals surface area contributed by atoms with Crippen LogP contribution in [0.5, 0.6) is 0 Å². The van der Waals surface area contributed by atoms with Crippen molar-refractivity contribution in [1.29, 1.82) is 0 Å². The summed E-state index contributed by atoms with van der Waals surface area (Å²) in [6.45, 7) is 6.39. The molecule has 0 heterocycles. The van der Waals surface area contributed by atoms with Gasteiger partial charge in [0.15, 0.2) is 0 Å². The lowest BCUT2D eigenvalue weighted by Gasteiger charge is -2.56. The molecule has 0 spiro atoms. The zero-order chi connectivity index (χ0) is 16.1. The Kier molecular flexibility index (Phi) is 3.87. The van der Waals surface area contributed by atoms with Gasteiger partial charge < -0.3 is 15.3 Å². The van der Waals surface area contributed by atoms with E-state index >= 15 is 0 Å². The highest BCUT2D eigenvalue weighted by atomic mass is 16.3. The molecule has 0 saturated heterocycles. The number of aliphatic hydroxyl groups is 3. The maximum Gasteiger partial charge on any atom is 0.0796 e. The molecule has 2 aliphatic rings. The fraction of sp³-hybridized carbons (Fsp3) is 0.684. The topological polar surface area (TPSA) is 60.7 Å². The normalized spacial score (nSPS) is 39.0. The minimum Gasteiger partial charge on any atom is -0.396 e. The molecule has 0 amide bonds. The molecule has 22 heavy (non-hydrogen) atoms. The SMILES string of the molecule is C[C@H](O)c1ccc2c(c1)[C@@H](O)C[C@H]1[C@](C)(CO)CCC[C@]21C. The van der Waals surface area contributed by atoms with Crippen LogP contribution in [0.1, 0.15) is 75.4 Å². The Bertz CT molecular complexity index is 568. The number of benzene rings is 1. The van der Waals surface area contributed by atoms with Crippen LogP contribution in [0.2, 0.25) is 0 Å². The average Bonchev–Trinajstić information content (AvgIpc) is 2.49. The third-order valence-electron chi connectivity index (χ3n) is 6.41. The fourth-order valence-corrected chi connectivity index (χ4v) is 5.02. The van der Waals surface area contributed by atoms with Crippen LogP contribution < -0.4 is 0 Å². The molecule has 3 N–H and O–H groups in total. The minimum absolute atomic E-state index is 0.00151. The second-order valence-corrected chi connectivity index (χ2v) is 7.91. The van der Waals surface area contributed by atoms with Gasteiger partial charge in [-0.25, -0.2) is 0 Å². The van der Waals surface area contributed by atoms with Crippen LogP contribution in [-0.2, 0) is 5.41 Å². The Morgan fingerprint density at radius 1 is 1.27 bits per heavy atom. The van der Waals surface area contributed by atoms with Gasteiger partial charge in [-0.3, -0.25) is 0 Å². The summed E-state index contributed by atoms with van der Waals surface area (Å²) in [6.07, 6.45) is 2.91. The maximum atomic E-state index is 10.7. The van der Waals surface area contributed by atoms with E-state index in [-0.39, 0.29) is 17.4 Å². The van der Waals surface area contributed by atoms with E-state index in [4.69, 9.17) is 0 Å². The molecular formula is C19H28O3. The summed E-state index contributed by atoms with van der Waals surface area (Å²) in [5, 5.41) is 30.4. The van der Waals surface area contributed by atoms with Crippen LogP contribution >= 0.6 is 0 Å². The number of rotatable bonds is 2. The Hall–Kier alpha value is -0.900. The first-order valence-corrected chi connectivity index (χ1v) is 8.43. The van der Waals surface area contributed by atoms with Crippen LogP contribution in [0, 0.1) is 11.3 Å². The summed E-state index contributed by atoms with van der Waals surface area (Å²) >= 11 is 0. The molecule has 1 aromatic rings. The van der Waals surface area contributed by atoms with Gasteiger partial charge in [0.05, 0.1) is 12.2 Å². The molecule has 122 valence electrons. The van der Waals surface area contributed by atoms with E-state index in [9.17, 15) is 15.3 Å². The molecule has 1 fully saturated rings. The Morgan fingerprint density at radius 3 is 2.64 bits per heavy atom. The van der Waals surface area contributed by atoms with Crippen molar-refractivity contribution in [2.75, 3.05) is 6.61 Å². The molecule has 0 aromatic heterocycles. The number of fused-ring (bicyclic) bond motifs is 3. The smallest absolute Gasteiger partial charge is 0.0796 e. The van der Waals surface area contributed by atoms with E-state index in [1.54, 1.807) is 6.92 Å². The molecule has 0 aliphatic heterocycles. The van der Waals surface area contributed by atoms with Crippen LogP contribution in [0.4, 0.5) is 0 Å². The Balaban J connectivity index is 2.11. The summed E-state index contributed by atoms with van der Waals surface area (Å²) < 4.78 is 0. The van der Waals surface area contributed by atoms with Gasteiger partial charge in [0.1, 0.15) is 0 Å². The molecule has 3 rings (SSSR count). The van der Waals surface area contributed by atoms with Crippen LogP contribution in [-0.4, -0.2) is 21.9 Å². The van der Waals surface area contributed by atoms with Crippen molar-refractivity contribution < 1.29 is 15.3 Å². The minimum atomic E-state index is -0.517. The largest absolute Gasteiger partial charge is 0.396 e. The highest BCUT2D eigenvalue weighted by Gasteiger charge is 2.53. The van der Waals surface area contributed by atoms with Gasteiger partial charge in [-0.2, -0.15) is 0 Å². The standard InChI is InChI=1S/C19H28O3/c1-12(21)13-5-6-15-14(9-13)16(22)10-17-18(2,11-20)7-4-8-19(15,17)3/h5-6,9,12,16-17,20-22H,4,7-8,10-11H2,1-3H3/t12-,16-,17-,18-,19+/m0/s1. The van der Waals surface area contributed by atoms with Crippen LogP contribution in [0.3, 0.4) is 0 Å². The molecule has 1 saturated carbocycles. The van der Waals surface area contributed by atoms with Gasteiger partial charge in [-0.15, -0.1) is 0 Å². The summed E-state index contributed by atoms with van der Waals surface area (Å²) in [5.41, 5.74) is 2.93. The summed E-state index contributed by atoms with van der Waals surface area (Å²) in [6, 6.07) is 6.04. The predicted octanol–water partition coefficient (Wildman–Crippen LogP) is 3.23. The first kappa shape index (κ1) is 16.0. The fourth-order valence-electron chi connectivity index (χ4n) is 5.02. The van der Waals surface area contributed by atoms with Gasteiger partial charge in [-0.1, -0.05) is 38.5 Å². The number of aliphatic hydroxyl groups excluding tert-OH is 3. The van der Waals surface area contributed by atoms with Crippen molar-refractivity contribution >= 4 is 0 Å². The van der Waals surface area contributed by atoms with Crippen molar-refractivity contribution in [2.24, 2.45) is 11.3 Å². The lowest BCUT2D eigenvalue weighted by atomic mass is 9.49. The molecule has 3 nitrogen and oxygen atoms in total. The highest BCUT2D eigenvalue weighted by molar-refractivity contribution is 5.43. The lowest BCUT2D eigenvalue weighted by Crippen LogP contribution is -2.51. The second kappa shape index (κ2) is 5.33. The first-order chi connectivity index (χ1) is 10.3. The van der Waals surface area contributed by atoms with Crippen molar-refractivity contribution in [3.63, 3.8) is 0 Å². The average molecular weight is 304 g/mol. The second-order valence-electron chi connectivity index (χ2n) is 7.91. The van der Waals surface area contributed by atoms with Crippen LogP contribution in [0.15, 0.2) is 18.2 Å². The number of hydrogen-bond donors (Lipinski definition) is 3. The monoisotopic (exact) mass is 304 g/mol. The third kappa shape index (κ3) is 2.22. The molecule has 0 unspecified atom stereocenters. The van der Waals surface area contributed by atoms with Crippen molar-refractivity contribution in [3.05, 3.63) is 34.9 Å². The summed E-state index contributed by atoms with van der Waals surface area (Å²) in [4.78, 5) is 0.